The zero-order valence-electron chi connectivity index (χ0n) is 12.6. The molecular weight excluding hydrogens is 308 g/mol. The van der Waals surface area contributed by atoms with Crippen molar-refractivity contribution in [3.8, 4) is 0 Å². The lowest BCUT2D eigenvalue weighted by Crippen LogP contribution is -2.07. The van der Waals surface area contributed by atoms with E-state index in [4.69, 9.17) is 0 Å². The van der Waals surface area contributed by atoms with Gasteiger partial charge in [-0.3, -0.25) is 14.8 Å². The smallest absolute Gasteiger partial charge is 0.250 e. The molecule has 0 unspecified atom stereocenters. The van der Waals surface area contributed by atoms with E-state index in [2.05, 4.69) is 27.5 Å². The molecule has 0 spiro atoms. The first-order chi connectivity index (χ1) is 11.2. The fourth-order valence-corrected chi connectivity index (χ4v) is 2.74. The topological polar surface area (TPSA) is 59.8 Å². The maximum absolute atomic E-state index is 11.8. The summed E-state index contributed by atoms with van der Waals surface area (Å²) in [6.45, 7) is 2.60. The zero-order valence-corrected chi connectivity index (χ0v) is 13.5. The van der Waals surface area contributed by atoms with Crippen LogP contribution in [-0.4, -0.2) is 20.7 Å². The first-order valence-electron chi connectivity index (χ1n) is 7.16. The van der Waals surface area contributed by atoms with E-state index >= 15 is 0 Å². The van der Waals surface area contributed by atoms with E-state index in [9.17, 15) is 4.79 Å². The summed E-state index contributed by atoms with van der Waals surface area (Å²) in [6, 6.07) is 10.1. The molecule has 1 aromatic carbocycles. The summed E-state index contributed by atoms with van der Waals surface area (Å²) < 4.78 is 1.84. The number of rotatable bonds is 5. The van der Waals surface area contributed by atoms with Crippen molar-refractivity contribution in [2.75, 3.05) is 5.32 Å². The summed E-state index contributed by atoms with van der Waals surface area (Å²) in [6.07, 6.45) is 6.87. The predicted molar refractivity (Wildman–Crippen MR) is 92.3 cm³/mol. The Balaban J connectivity index is 1.58. The standard InChI is InChI=1S/C17H16N4OS/c1-13-12-23-17(19-13)20-16(22)8-7-15-9-18-21(11-15)10-14-5-3-2-4-6-14/h2-9,11-12H,10H2,1H3,(H,19,20,22). The molecule has 0 atom stereocenters. The van der Waals surface area contributed by atoms with Crippen LogP contribution in [0.3, 0.4) is 0 Å². The Hall–Kier alpha value is -2.73. The van der Waals surface area contributed by atoms with Crippen LogP contribution in [0.2, 0.25) is 0 Å². The van der Waals surface area contributed by atoms with Crippen molar-refractivity contribution in [2.24, 2.45) is 0 Å². The van der Waals surface area contributed by atoms with Crippen LogP contribution in [0.25, 0.3) is 6.08 Å². The van der Waals surface area contributed by atoms with E-state index in [0.29, 0.717) is 11.7 Å². The number of benzene rings is 1. The molecule has 0 aliphatic rings. The lowest BCUT2D eigenvalue weighted by Gasteiger charge is -2.00. The Morgan fingerprint density at radius 1 is 1.35 bits per heavy atom. The second-order valence-corrected chi connectivity index (χ2v) is 5.93. The van der Waals surface area contributed by atoms with Crippen LogP contribution in [0, 0.1) is 6.92 Å². The fraction of sp³-hybridized carbons (Fsp3) is 0.118. The monoisotopic (exact) mass is 324 g/mol. The number of aryl methyl sites for hydroxylation is 1. The normalized spacial score (nSPS) is 11.0. The number of carbonyl (C=O) groups is 1. The molecule has 2 heterocycles. The van der Waals surface area contributed by atoms with Crippen LogP contribution in [0.1, 0.15) is 16.8 Å². The molecule has 0 saturated heterocycles. The fourth-order valence-electron chi connectivity index (χ4n) is 2.05. The van der Waals surface area contributed by atoms with Crippen LogP contribution in [0.5, 0.6) is 0 Å². The number of anilines is 1. The Morgan fingerprint density at radius 3 is 2.91 bits per heavy atom. The van der Waals surface area contributed by atoms with Crippen molar-refractivity contribution in [3.05, 3.63) is 71.0 Å². The number of amides is 1. The van der Waals surface area contributed by atoms with Gasteiger partial charge in [0.05, 0.1) is 18.4 Å². The molecular formula is C17H16N4OS. The highest BCUT2D eigenvalue weighted by molar-refractivity contribution is 7.13. The number of hydrogen-bond donors (Lipinski definition) is 1. The number of carbonyl (C=O) groups excluding carboxylic acids is 1. The van der Waals surface area contributed by atoms with E-state index in [1.54, 1.807) is 12.3 Å². The number of hydrogen-bond acceptors (Lipinski definition) is 4. The predicted octanol–water partition coefficient (Wildman–Crippen LogP) is 3.35. The van der Waals surface area contributed by atoms with Gasteiger partial charge in [-0.15, -0.1) is 11.3 Å². The molecule has 0 aliphatic heterocycles. The molecule has 23 heavy (non-hydrogen) atoms. The molecule has 0 aliphatic carbocycles. The quantitative estimate of drug-likeness (QED) is 0.732. The minimum atomic E-state index is -0.199. The highest BCUT2D eigenvalue weighted by Crippen LogP contribution is 2.14. The minimum Gasteiger partial charge on any atom is -0.298 e. The van der Waals surface area contributed by atoms with Crippen LogP contribution in [0.4, 0.5) is 5.13 Å². The summed E-state index contributed by atoms with van der Waals surface area (Å²) in [5, 5.41) is 9.54. The van der Waals surface area contributed by atoms with Gasteiger partial charge in [0.25, 0.3) is 0 Å². The molecule has 6 heteroatoms. The Bertz CT molecular complexity index is 820. The van der Waals surface area contributed by atoms with Gasteiger partial charge in [-0.05, 0) is 18.6 Å². The van der Waals surface area contributed by atoms with E-state index in [1.165, 1.54) is 23.0 Å². The second kappa shape index (κ2) is 7.02. The first-order valence-corrected chi connectivity index (χ1v) is 8.04. The van der Waals surface area contributed by atoms with Crippen molar-refractivity contribution in [2.45, 2.75) is 13.5 Å². The number of aromatic nitrogens is 3. The molecule has 0 bridgehead atoms. The Kier molecular flexibility index (Phi) is 4.63. The molecule has 116 valence electrons. The van der Waals surface area contributed by atoms with Gasteiger partial charge < -0.3 is 0 Å². The summed E-state index contributed by atoms with van der Waals surface area (Å²) in [5.74, 6) is -0.199. The largest absolute Gasteiger partial charge is 0.298 e. The van der Waals surface area contributed by atoms with Gasteiger partial charge in [0.2, 0.25) is 5.91 Å². The first kappa shape index (κ1) is 15.2. The zero-order chi connectivity index (χ0) is 16.1. The molecule has 3 rings (SSSR count). The van der Waals surface area contributed by atoms with Crippen LogP contribution in [-0.2, 0) is 11.3 Å². The molecule has 1 N–H and O–H groups in total. The highest BCUT2D eigenvalue weighted by Gasteiger charge is 2.02. The molecule has 5 nitrogen and oxygen atoms in total. The number of nitrogens with zero attached hydrogens (tertiary/aromatic N) is 3. The molecule has 1 amide bonds. The lowest BCUT2D eigenvalue weighted by atomic mass is 10.2. The molecule has 0 radical (unpaired) electrons. The van der Waals surface area contributed by atoms with Gasteiger partial charge in [-0.1, -0.05) is 30.3 Å². The third kappa shape index (κ3) is 4.37. The average molecular weight is 324 g/mol. The van der Waals surface area contributed by atoms with Crippen LogP contribution in [0.15, 0.2) is 54.2 Å². The van der Waals surface area contributed by atoms with E-state index in [0.717, 1.165) is 11.3 Å². The second-order valence-electron chi connectivity index (χ2n) is 5.07. The van der Waals surface area contributed by atoms with E-state index in [-0.39, 0.29) is 5.91 Å². The number of thiazole rings is 1. The van der Waals surface area contributed by atoms with Crippen LogP contribution >= 0.6 is 11.3 Å². The van der Waals surface area contributed by atoms with E-state index in [1.807, 2.05) is 41.4 Å². The average Bonchev–Trinajstić information content (AvgIpc) is 3.15. The lowest BCUT2D eigenvalue weighted by molar-refractivity contribution is -0.111. The summed E-state index contributed by atoms with van der Waals surface area (Å²) in [4.78, 5) is 16.0. The van der Waals surface area contributed by atoms with Gasteiger partial charge in [-0.2, -0.15) is 5.10 Å². The van der Waals surface area contributed by atoms with Gasteiger partial charge in [-0.25, -0.2) is 4.98 Å². The van der Waals surface area contributed by atoms with Crippen molar-refractivity contribution >= 4 is 28.5 Å². The Labute approximate surface area is 138 Å². The van der Waals surface area contributed by atoms with Crippen LogP contribution < -0.4 is 5.32 Å². The third-order valence-corrected chi connectivity index (χ3v) is 3.99. The SMILES string of the molecule is Cc1csc(NC(=O)C=Cc2cnn(Cc3ccccc3)c2)n1. The van der Waals surface area contributed by atoms with Gasteiger partial charge >= 0.3 is 0 Å². The van der Waals surface area contributed by atoms with Gasteiger partial charge in [0.1, 0.15) is 0 Å². The van der Waals surface area contributed by atoms with E-state index < -0.39 is 0 Å². The highest BCUT2D eigenvalue weighted by atomic mass is 32.1. The van der Waals surface area contributed by atoms with Gasteiger partial charge in [0.15, 0.2) is 5.13 Å². The molecule has 0 fully saturated rings. The Morgan fingerprint density at radius 2 is 2.17 bits per heavy atom. The third-order valence-electron chi connectivity index (χ3n) is 3.12. The molecule has 2 aromatic heterocycles. The maximum Gasteiger partial charge on any atom is 0.250 e. The number of nitrogens with one attached hydrogen (secondary N) is 1. The summed E-state index contributed by atoms with van der Waals surface area (Å²) in [7, 11) is 0. The van der Waals surface area contributed by atoms with Crippen molar-refractivity contribution < 1.29 is 4.79 Å². The van der Waals surface area contributed by atoms with Crippen molar-refractivity contribution in [1.29, 1.82) is 0 Å². The van der Waals surface area contributed by atoms with Crippen molar-refractivity contribution in [3.63, 3.8) is 0 Å². The summed E-state index contributed by atoms with van der Waals surface area (Å²) in [5.41, 5.74) is 2.96. The maximum atomic E-state index is 11.8. The van der Waals surface area contributed by atoms with Crippen molar-refractivity contribution in [1.82, 2.24) is 14.8 Å². The van der Waals surface area contributed by atoms with Gasteiger partial charge in [0, 0.05) is 23.2 Å². The molecule has 0 saturated carbocycles. The summed E-state index contributed by atoms with van der Waals surface area (Å²) >= 11 is 1.41. The molecule has 3 aromatic rings. The minimum absolute atomic E-state index is 0.199.